The third-order valence-corrected chi connectivity index (χ3v) is 1.90. The number of H-pyrrole nitrogens is 1. The van der Waals surface area contributed by atoms with Gasteiger partial charge in [-0.15, -0.1) is 0 Å². The molecule has 16 heavy (non-hydrogen) atoms. The first-order chi connectivity index (χ1) is 7.65. The number of nitrogens with one attached hydrogen (secondary N) is 2. The molecule has 0 aliphatic carbocycles. The summed E-state index contributed by atoms with van der Waals surface area (Å²) in [6.07, 6.45) is -1.14. The Morgan fingerprint density at radius 1 is 1.38 bits per heavy atom. The number of rotatable bonds is 3. The van der Waals surface area contributed by atoms with Crippen LogP contribution in [0.15, 0.2) is 18.3 Å². The van der Waals surface area contributed by atoms with Crippen LogP contribution in [-0.4, -0.2) is 20.2 Å². The molecule has 0 atom stereocenters. The van der Waals surface area contributed by atoms with Crippen molar-refractivity contribution in [3.8, 4) is 0 Å². The molecule has 0 spiro atoms. The number of aromatic nitrogens is 4. The van der Waals surface area contributed by atoms with E-state index in [9.17, 15) is 8.78 Å². The van der Waals surface area contributed by atoms with E-state index in [0.717, 1.165) is 0 Å². The van der Waals surface area contributed by atoms with Gasteiger partial charge in [-0.1, -0.05) is 0 Å². The Morgan fingerprint density at radius 2 is 2.19 bits per heavy atom. The van der Waals surface area contributed by atoms with Gasteiger partial charge in [0.2, 0.25) is 5.28 Å². The van der Waals surface area contributed by atoms with Crippen molar-refractivity contribution in [1.29, 1.82) is 0 Å². The van der Waals surface area contributed by atoms with Gasteiger partial charge < -0.3 is 5.32 Å². The second kappa shape index (κ2) is 4.40. The minimum Gasteiger partial charge on any atom is -0.323 e. The Kier molecular flexibility index (Phi) is 2.95. The maximum Gasteiger partial charge on any atom is 0.279 e. The van der Waals surface area contributed by atoms with Crippen LogP contribution in [0.25, 0.3) is 0 Å². The summed E-state index contributed by atoms with van der Waals surface area (Å²) in [5.74, 6) is 0.623. The van der Waals surface area contributed by atoms with Crippen molar-refractivity contribution < 1.29 is 8.78 Å². The maximum atomic E-state index is 12.2. The van der Waals surface area contributed by atoms with E-state index in [-0.39, 0.29) is 16.8 Å². The Hall–Kier alpha value is -1.76. The second-order valence-corrected chi connectivity index (χ2v) is 3.18. The SMILES string of the molecule is FC(F)c1cc(Nc2ccnc(Cl)n2)n[nH]1. The Labute approximate surface area is 93.9 Å². The molecule has 8 heteroatoms. The number of anilines is 2. The van der Waals surface area contributed by atoms with Gasteiger partial charge >= 0.3 is 0 Å². The van der Waals surface area contributed by atoms with Crippen molar-refractivity contribution in [2.75, 3.05) is 5.32 Å². The molecule has 2 heterocycles. The number of hydrogen-bond acceptors (Lipinski definition) is 4. The Bertz CT molecular complexity index is 487. The Balaban J connectivity index is 2.14. The van der Waals surface area contributed by atoms with E-state index in [1.165, 1.54) is 12.3 Å². The zero-order valence-electron chi connectivity index (χ0n) is 7.78. The van der Waals surface area contributed by atoms with E-state index < -0.39 is 6.43 Å². The van der Waals surface area contributed by atoms with Crippen molar-refractivity contribution in [3.63, 3.8) is 0 Å². The van der Waals surface area contributed by atoms with Crippen molar-refractivity contribution in [2.24, 2.45) is 0 Å². The molecular weight excluding hydrogens is 240 g/mol. The molecule has 0 radical (unpaired) electrons. The highest BCUT2D eigenvalue weighted by molar-refractivity contribution is 6.28. The van der Waals surface area contributed by atoms with Crippen molar-refractivity contribution in [3.05, 3.63) is 29.3 Å². The van der Waals surface area contributed by atoms with Gasteiger partial charge in [0.25, 0.3) is 6.43 Å². The predicted octanol–water partition coefficient (Wildman–Crippen LogP) is 2.53. The zero-order valence-corrected chi connectivity index (χ0v) is 8.54. The van der Waals surface area contributed by atoms with Crippen LogP contribution in [0.1, 0.15) is 12.1 Å². The van der Waals surface area contributed by atoms with E-state index in [0.29, 0.717) is 5.82 Å². The molecule has 0 aliphatic rings. The largest absolute Gasteiger partial charge is 0.323 e. The highest BCUT2D eigenvalue weighted by atomic mass is 35.5. The van der Waals surface area contributed by atoms with Crippen molar-refractivity contribution in [1.82, 2.24) is 20.2 Å². The van der Waals surface area contributed by atoms with Crippen LogP contribution in [0.4, 0.5) is 20.4 Å². The topological polar surface area (TPSA) is 66.5 Å². The van der Waals surface area contributed by atoms with Gasteiger partial charge in [0, 0.05) is 12.3 Å². The average Bonchev–Trinajstić information content (AvgIpc) is 2.66. The van der Waals surface area contributed by atoms with E-state index in [1.807, 2.05) is 0 Å². The van der Waals surface area contributed by atoms with E-state index in [4.69, 9.17) is 11.6 Å². The lowest BCUT2D eigenvalue weighted by atomic mass is 10.4. The molecule has 0 fully saturated rings. The second-order valence-electron chi connectivity index (χ2n) is 2.85. The number of alkyl halides is 2. The molecule has 0 saturated carbocycles. The van der Waals surface area contributed by atoms with Crippen LogP contribution in [0.5, 0.6) is 0 Å². The number of hydrogen-bond donors (Lipinski definition) is 2. The fourth-order valence-electron chi connectivity index (χ4n) is 1.05. The van der Waals surface area contributed by atoms with Crippen LogP contribution < -0.4 is 5.32 Å². The van der Waals surface area contributed by atoms with Crippen molar-refractivity contribution in [2.45, 2.75) is 6.43 Å². The summed E-state index contributed by atoms with van der Waals surface area (Å²) in [6.45, 7) is 0. The number of nitrogens with zero attached hydrogens (tertiary/aromatic N) is 3. The third kappa shape index (κ3) is 2.43. The molecule has 0 bridgehead atoms. The normalized spacial score (nSPS) is 10.8. The zero-order chi connectivity index (χ0) is 11.5. The van der Waals surface area contributed by atoms with Gasteiger partial charge in [0.15, 0.2) is 5.82 Å². The molecule has 2 aromatic heterocycles. The average molecular weight is 246 g/mol. The van der Waals surface area contributed by atoms with Crippen LogP contribution >= 0.6 is 11.6 Å². The van der Waals surface area contributed by atoms with Crippen LogP contribution in [0.2, 0.25) is 5.28 Å². The standard InChI is InChI=1S/C8H6ClF2N5/c9-8-12-2-1-5(14-8)13-6-3-4(7(10)11)15-16-6/h1-3,7H,(H2,12,13,14,15,16). The molecular formula is C8H6ClF2N5. The minimum atomic E-state index is -2.59. The number of halogens is 3. The van der Waals surface area contributed by atoms with E-state index in [2.05, 4.69) is 25.5 Å². The fraction of sp³-hybridized carbons (Fsp3) is 0.125. The first kappa shape index (κ1) is 10.7. The van der Waals surface area contributed by atoms with Gasteiger partial charge in [0.05, 0.1) is 0 Å². The molecule has 0 amide bonds. The molecule has 2 rings (SSSR count). The van der Waals surface area contributed by atoms with Gasteiger partial charge in [-0.25, -0.2) is 18.7 Å². The minimum absolute atomic E-state index is 0.0645. The molecule has 0 unspecified atom stereocenters. The maximum absolute atomic E-state index is 12.2. The quantitative estimate of drug-likeness (QED) is 0.816. The van der Waals surface area contributed by atoms with Crippen LogP contribution in [-0.2, 0) is 0 Å². The van der Waals surface area contributed by atoms with E-state index >= 15 is 0 Å². The molecule has 84 valence electrons. The molecule has 0 aliphatic heterocycles. The number of aromatic amines is 1. The summed E-state index contributed by atoms with van der Waals surface area (Å²) in [7, 11) is 0. The molecule has 0 aromatic carbocycles. The summed E-state index contributed by atoms with van der Waals surface area (Å²) in [4.78, 5) is 7.51. The van der Waals surface area contributed by atoms with Crippen LogP contribution in [0, 0.1) is 0 Å². The third-order valence-electron chi connectivity index (χ3n) is 1.72. The lowest BCUT2D eigenvalue weighted by Crippen LogP contribution is -1.94. The highest BCUT2D eigenvalue weighted by Crippen LogP contribution is 2.20. The summed E-state index contributed by atoms with van der Waals surface area (Å²) < 4.78 is 24.5. The van der Waals surface area contributed by atoms with E-state index in [1.54, 1.807) is 6.07 Å². The highest BCUT2D eigenvalue weighted by Gasteiger charge is 2.11. The first-order valence-electron chi connectivity index (χ1n) is 4.24. The summed E-state index contributed by atoms with van der Waals surface area (Å²) in [5.41, 5.74) is -0.261. The summed E-state index contributed by atoms with van der Waals surface area (Å²) >= 11 is 5.56. The Morgan fingerprint density at radius 3 is 2.81 bits per heavy atom. The van der Waals surface area contributed by atoms with Crippen LogP contribution in [0.3, 0.4) is 0 Å². The molecule has 0 saturated heterocycles. The first-order valence-corrected chi connectivity index (χ1v) is 4.62. The monoisotopic (exact) mass is 245 g/mol. The van der Waals surface area contributed by atoms with Gasteiger partial charge in [-0.05, 0) is 17.7 Å². The van der Waals surface area contributed by atoms with Gasteiger partial charge in [-0.3, -0.25) is 5.10 Å². The lowest BCUT2D eigenvalue weighted by Gasteiger charge is -2.00. The van der Waals surface area contributed by atoms with Gasteiger partial charge in [0.1, 0.15) is 11.5 Å². The molecule has 2 aromatic rings. The molecule has 2 N–H and O–H groups in total. The van der Waals surface area contributed by atoms with Crippen molar-refractivity contribution >= 4 is 23.2 Å². The smallest absolute Gasteiger partial charge is 0.279 e. The summed E-state index contributed by atoms with van der Waals surface area (Å²) in [5, 5.41) is 8.62. The molecule has 5 nitrogen and oxygen atoms in total. The predicted molar refractivity (Wildman–Crippen MR) is 53.9 cm³/mol. The lowest BCUT2D eigenvalue weighted by molar-refractivity contribution is 0.146. The fourth-order valence-corrected chi connectivity index (χ4v) is 1.20. The van der Waals surface area contributed by atoms with Gasteiger partial charge in [-0.2, -0.15) is 5.10 Å². The summed E-state index contributed by atoms with van der Waals surface area (Å²) in [6, 6.07) is 2.74.